The van der Waals surface area contributed by atoms with Gasteiger partial charge in [-0.15, -0.1) is 11.3 Å². The molecule has 1 heterocycles. The van der Waals surface area contributed by atoms with Gasteiger partial charge in [-0.2, -0.15) is 0 Å². The van der Waals surface area contributed by atoms with Gasteiger partial charge in [-0.3, -0.25) is 14.4 Å². The Hall–Kier alpha value is -3.08. The lowest BCUT2D eigenvalue weighted by atomic mass is 9.93. The van der Waals surface area contributed by atoms with Crippen LogP contribution in [0.4, 0.5) is 0 Å². The average Bonchev–Trinajstić information content (AvgIpc) is 3.51. The van der Waals surface area contributed by atoms with Gasteiger partial charge in [0.15, 0.2) is 0 Å². The summed E-state index contributed by atoms with van der Waals surface area (Å²) in [7, 11) is 1.81. The minimum absolute atomic E-state index is 0.0759. The van der Waals surface area contributed by atoms with Crippen LogP contribution in [0.1, 0.15) is 88.0 Å². The van der Waals surface area contributed by atoms with E-state index in [1.165, 1.54) is 17.4 Å². The number of hydrogen-bond donors (Lipinski definition) is 2. The lowest BCUT2D eigenvalue weighted by Crippen LogP contribution is -2.51. The summed E-state index contributed by atoms with van der Waals surface area (Å²) in [5.41, 5.74) is 7.64. The normalized spacial score (nSPS) is 15.5. The smallest absolute Gasteiger partial charge is 0.309 e. The molecule has 0 aliphatic heterocycles. The summed E-state index contributed by atoms with van der Waals surface area (Å²) in [6, 6.07) is 8.81. The Morgan fingerprint density at radius 3 is 2.39 bits per heavy atom. The second-order valence-corrected chi connectivity index (χ2v) is 12.7. The number of thiazole rings is 1. The molecule has 1 aromatic heterocycles. The molecule has 9 nitrogen and oxygen atoms in total. The molecule has 10 heteroatoms. The van der Waals surface area contributed by atoms with Crippen LogP contribution in [0.25, 0.3) is 0 Å². The lowest BCUT2D eigenvalue weighted by molar-refractivity contribution is -0.147. The van der Waals surface area contributed by atoms with Gasteiger partial charge < -0.3 is 25.4 Å². The molecule has 0 aliphatic carbocycles. The van der Waals surface area contributed by atoms with E-state index in [2.05, 4.69) is 30.7 Å². The third-order valence-electron chi connectivity index (χ3n) is 8.05. The lowest BCUT2D eigenvalue weighted by Gasteiger charge is -2.36. The van der Waals surface area contributed by atoms with Crippen LogP contribution < -0.4 is 11.1 Å². The van der Waals surface area contributed by atoms with Crippen LogP contribution >= 0.6 is 11.3 Å². The van der Waals surface area contributed by atoms with E-state index in [1.54, 1.807) is 24.3 Å². The highest BCUT2D eigenvalue weighted by Crippen LogP contribution is 2.30. The minimum atomic E-state index is -0.567. The molecule has 0 saturated carbocycles. The van der Waals surface area contributed by atoms with E-state index < -0.39 is 18.1 Å². The monoisotopic (exact) mass is 628 g/mol. The van der Waals surface area contributed by atoms with Gasteiger partial charge in [-0.25, -0.2) is 4.98 Å². The second kappa shape index (κ2) is 18.7. The Morgan fingerprint density at radius 2 is 1.80 bits per heavy atom. The predicted molar refractivity (Wildman–Crippen MR) is 176 cm³/mol. The van der Waals surface area contributed by atoms with Gasteiger partial charge in [0, 0.05) is 37.5 Å². The van der Waals surface area contributed by atoms with Crippen molar-refractivity contribution in [1.82, 2.24) is 15.2 Å². The number of aromatic nitrogens is 1. The van der Waals surface area contributed by atoms with Crippen molar-refractivity contribution >= 4 is 29.1 Å². The van der Waals surface area contributed by atoms with Crippen LogP contribution in [-0.2, 0) is 25.5 Å². The summed E-state index contributed by atoms with van der Waals surface area (Å²) >= 11 is 1.36. The van der Waals surface area contributed by atoms with E-state index in [1.807, 2.05) is 51.1 Å². The number of nitrogens with two attached hydrogens (primary N) is 1. The molecule has 44 heavy (non-hydrogen) atoms. The van der Waals surface area contributed by atoms with Crippen LogP contribution in [0.2, 0.25) is 0 Å². The Balaban J connectivity index is 2.22. The maximum atomic E-state index is 13.5. The maximum absolute atomic E-state index is 13.5. The van der Waals surface area contributed by atoms with E-state index in [4.69, 9.17) is 15.2 Å². The van der Waals surface area contributed by atoms with Crippen LogP contribution in [0, 0.1) is 17.8 Å². The first-order valence-corrected chi connectivity index (χ1v) is 16.5. The molecule has 0 fully saturated rings. The van der Waals surface area contributed by atoms with Gasteiger partial charge in [0.1, 0.15) is 23.4 Å². The van der Waals surface area contributed by atoms with E-state index in [9.17, 15) is 14.4 Å². The van der Waals surface area contributed by atoms with Gasteiger partial charge >= 0.3 is 5.97 Å². The molecule has 1 aromatic carbocycles. The van der Waals surface area contributed by atoms with E-state index in [0.29, 0.717) is 36.6 Å². The summed E-state index contributed by atoms with van der Waals surface area (Å²) in [5.74, 6) is -0.925. The number of likely N-dealkylation sites (N-methyl/N-ethyl adjacent to an activating group) is 1. The van der Waals surface area contributed by atoms with Crippen molar-refractivity contribution < 1.29 is 23.9 Å². The fraction of sp³-hybridized carbons (Fsp3) is 0.588. The van der Waals surface area contributed by atoms with E-state index >= 15 is 0 Å². The highest BCUT2D eigenvalue weighted by atomic mass is 32.1. The van der Waals surface area contributed by atoms with Crippen molar-refractivity contribution in [3.05, 3.63) is 64.6 Å². The molecule has 3 N–H and O–H groups in total. The number of rotatable bonds is 19. The Labute approximate surface area is 267 Å². The zero-order valence-electron chi connectivity index (χ0n) is 27.5. The van der Waals surface area contributed by atoms with Crippen LogP contribution in [-0.4, -0.2) is 66.1 Å². The van der Waals surface area contributed by atoms with Gasteiger partial charge in [0.25, 0.3) is 5.91 Å². The predicted octanol–water partition coefficient (Wildman–Crippen LogP) is 5.56. The van der Waals surface area contributed by atoms with E-state index in [0.717, 1.165) is 12.0 Å². The topological polar surface area (TPSA) is 124 Å². The number of carbonyl (C=O) groups excluding carboxylic acids is 3. The third-order valence-corrected chi connectivity index (χ3v) is 8.99. The SMILES string of the molecule is C=CCOC(=O)[C@@H](C)C[C@H](Cc1ccccc1)NC(=O)c1csc([C@@H](C[C@H](C(C)C)N(C)C(=O)[C@@H](N)[C@@H](C)CC)OCC)n1. The first kappa shape index (κ1) is 37.1. The standard InChI is InChI=1S/C34H52N4O5S/c1-9-17-43-34(41)24(7)18-26(19-25-15-13-12-14-16-25)36-31(39)27-21-44-32(37-27)29(42-11-3)20-28(22(4)5)38(8)33(40)30(35)23(6)10-2/h9,12-16,21-24,26,28-30H,1,10-11,17-20,35H2,2-8H3,(H,36,39)/t23-,24-,26+,28+,29+,30-/m0/s1. The number of esters is 1. The molecule has 2 amide bonds. The summed E-state index contributed by atoms with van der Waals surface area (Å²) in [4.78, 5) is 45.6. The van der Waals surface area contributed by atoms with Crippen LogP contribution in [0.5, 0.6) is 0 Å². The number of ether oxygens (including phenoxy) is 2. The first-order chi connectivity index (χ1) is 20.9. The number of nitrogens with zero attached hydrogens (tertiary/aromatic N) is 2. The van der Waals surface area contributed by atoms with Gasteiger partial charge in [0.2, 0.25) is 5.91 Å². The molecule has 0 bridgehead atoms. The van der Waals surface area contributed by atoms with Crippen molar-refractivity contribution in [1.29, 1.82) is 0 Å². The molecule has 0 spiro atoms. The summed E-state index contributed by atoms with van der Waals surface area (Å²) < 4.78 is 11.4. The molecule has 0 radical (unpaired) electrons. The molecule has 0 aliphatic rings. The fourth-order valence-electron chi connectivity index (χ4n) is 5.13. The maximum Gasteiger partial charge on any atom is 0.309 e. The van der Waals surface area contributed by atoms with Crippen molar-refractivity contribution in [3.8, 4) is 0 Å². The molecule has 0 saturated heterocycles. The third kappa shape index (κ3) is 11.1. The zero-order valence-corrected chi connectivity index (χ0v) is 28.3. The Bertz CT molecular complexity index is 1190. The summed E-state index contributed by atoms with van der Waals surface area (Å²) in [6.45, 7) is 16.1. The van der Waals surface area contributed by atoms with Crippen molar-refractivity contribution in [2.24, 2.45) is 23.5 Å². The van der Waals surface area contributed by atoms with Crippen LogP contribution in [0.15, 0.2) is 48.4 Å². The quantitative estimate of drug-likeness (QED) is 0.154. The summed E-state index contributed by atoms with van der Waals surface area (Å²) in [6.07, 6.45) is 3.45. The highest BCUT2D eigenvalue weighted by Gasteiger charge is 2.33. The Kier molecular flexibility index (Phi) is 15.7. The van der Waals surface area contributed by atoms with Crippen LogP contribution in [0.3, 0.4) is 0 Å². The number of carbonyl (C=O) groups is 3. The second-order valence-electron chi connectivity index (χ2n) is 11.8. The number of benzene rings is 1. The molecule has 0 unspecified atom stereocenters. The van der Waals surface area contributed by atoms with E-state index in [-0.39, 0.29) is 48.3 Å². The fourth-order valence-corrected chi connectivity index (χ4v) is 5.99. The Morgan fingerprint density at radius 1 is 1.11 bits per heavy atom. The minimum Gasteiger partial charge on any atom is -0.461 e. The van der Waals surface area contributed by atoms with Gasteiger partial charge in [-0.1, -0.05) is 84.0 Å². The average molecular weight is 629 g/mol. The van der Waals surface area contributed by atoms with Crippen molar-refractivity contribution in [2.75, 3.05) is 20.3 Å². The molecule has 2 rings (SSSR count). The van der Waals surface area contributed by atoms with Crippen molar-refractivity contribution in [3.63, 3.8) is 0 Å². The molecule has 2 aromatic rings. The first-order valence-electron chi connectivity index (χ1n) is 15.6. The molecule has 244 valence electrons. The van der Waals surface area contributed by atoms with Crippen molar-refractivity contribution in [2.45, 2.75) is 91.5 Å². The largest absolute Gasteiger partial charge is 0.461 e. The molecular weight excluding hydrogens is 576 g/mol. The summed E-state index contributed by atoms with van der Waals surface area (Å²) in [5, 5.41) is 5.51. The molecule has 6 atom stereocenters. The highest BCUT2D eigenvalue weighted by molar-refractivity contribution is 7.09. The zero-order chi connectivity index (χ0) is 32.8. The number of amides is 2. The van der Waals surface area contributed by atoms with Gasteiger partial charge in [0.05, 0.1) is 12.0 Å². The van der Waals surface area contributed by atoms with Gasteiger partial charge in [-0.05, 0) is 37.2 Å². The number of hydrogen-bond acceptors (Lipinski definition) is 8. The molecular formula is C34H52N4O5S. The number of nitrogens with one attached hydrogen (secondary N) is 1.